The monoisotopic (exact) mass is 180 g/mol. The van der Waals surface area contributed by atoms with E-state index in [9.17, 15) is 4.79 Å². The van der Waals surface area contributed by atoms with Crippen molar-refractivity contribution in [3.63, 3.8) is 0 Å². The fourth-order valence-electron chi connectivity index (χ4n) is 0.501. The second-order valence-electron chi connectivity index (χ2n) is 2.79. The molecule has 0 aromatic carbocycles. The molecule has 0 amide bonds. The Morgan fingerprint density at radius 3 is 2.40 bits per heavy atom. The van der Waals surface area contributed by atoms with Gasteiger partial charge in [-0.05, 0) is 6.04 Å². The van der Waals surface area contributed by atoms with Gasteiger partial charge in [-0.1, -0.05) is 13.1 Å². The molecule has 0 radical (unpaired) electrons. The molecule has 4 heteroatoms. The zero-order valence-corrected chi connectivity index (χ0v) is 8.36. The summed E-state index contributed by atoms with van der Waals surface area (Å²) in [7, 11) is -0.171. The van der Waals surface area contributed by atoms with Gasteiger partial charge in [-0.25, -0.2) is 0 Å². The van der Waals surface area contributed by atoms with Crippen LogP contribution in [-0.2, 0) is 9.53 Å². The molecule has 0 aliphatic carbocycles. The van der Waals surface area contributed by atoms with Crippen molar-refractivity contribution >= 4 is 24.4 Å². The van der Waals surface area contributed by atoms with Gasteiger partial charge in [0.2, 0.25) is 0 Å². The Morgan fingerprint density at radius 2 is 2.10 bits per heavy atom. The molecule has 0 saturated carbocycles. The minimum absolute atomic E-state index is 0.166. The third-order valence-corrected chi connectivity index (χ3v) is 3.16. The molecule has 0 spiro atoms. The van der Waals surface area contributed by atoms with Crippen LogP contribution in [0.5, 0.6) is 0 Å². The van der Waals surface area contributed by atoms with Crippen LogP contribution in [0.2, 0.25) is 19.1 Å². The summed E-state index contributed by atoms with van der Waals surface area (Å²) in [5, 5.41) is 0. The Hall–Kier alpha value is -0.0231. The zero-order valence-electron chi connectivity index (χ0n) is 6.61. The van der Waals surface area contributed by atoms with Crippen LogP contribution in [0.15, 0.2) is 0 Å². The highest BCUT2D eigenvalue weighted by atomic mass is 35.6. The zero-order chi connectivity index (χ0) is 8.20. The number of carbonyl (C=O) groups is 1. The number of esters is 1. The van der Waals surface area contributed by atoms with E-state index in [0.717, 1.165) is 6.04 Å². The molecule has 0 fully saturated rings. The summed E-state index contributed by atoms with van der Waals surface area (Å²) in [6.45, 7) is 4.02. The Balaban J connectivity index is 3.46. The Kier molecular flexibility index (Phi) is 3.97. The lowest BCUT2D eigenvalue weighted by Crippen LogP contribution is -2.17. The van der Waals surface area contributed by atoms with Crippen molar-refractivity contribution in [1.29, 1.82) is 0 Å². The van der Waals surface area contributed by atoms with Crippen molar-refractivity contribution in [2.24, 2.45) is 0 Å². The Morgan fingerprint density at radius 1 is 1.60 bits per heavy atom. The van der Waals surface area contributed by atoms with Crippen molar-refractivity contribution in [1.82, 2.24) is 0 Å². The first-order chi connectivity index (χ1) is 4.45. The quantitative estimate of drug-likeness (QED) is 0.377. The number of halogens is 1. The summed E-state index contributed by atoms with van der Waals surface area (Å²) in [6.07, 6.45) is 0.458. The van der Waals surface area contributed by atoms with Crippen LogP contribution in [0.25, 0.3) is 0 Å². The lowest BCUT2D eigenvalue weighted by atomic mass is 10.5. The van der Waals surface area contributed by atoms with E-state index in [4.69, 9.17) is 11.1 Å². The maximum absolute atomic E-state index is 10.6. The average molecular weight is 181 g/mol. The highest BCUT2D eigenvalue weighted by Gasteiger charge is 2.18. The number of carbonyl (C=O) groups excluding carboxylic acids is 1. The van der Waals surface area contributed by atoms with Crippen LogP contribution in [-0.4, -0.2) is 20.5 Å². The third kappa shape index (κ3) is 6.10. The molecule has 0 aliphatic rings. The van der Waals surface area contributed by atoms with Crippen molar-refractivity contribution in [3.8, 4) is 0 Å². The molecule has 2 nitrogen and oxygen atoms in total. The van der Waals surface area contributed by atoms with Gasteiger partial charge >= 0.3 is 5.97 Å². The summed E-state index contributed by atoms with van der Waals surface area (Å²) in [4.78, 5) is 10.6. The summed E-state index contributed by atoms with van der Waals surface area (Å²) in [5.41, 5.74) is 0. The van der Waals surface area contributed by atoms with Crippen LogP contribution in [0, 0.1) is 0 Å². The predicted molar refractivity (Wildman–Crippen MR) is 44.8 cm³/mol. The van der Waals surface area contributed by atoms with Crippen molar-refractivity contribution in [2.45, 2.75) is 25.6 Å². The lowest BCUT2D eigenvalue weighted by molar-refractivity contribution is -0.140. The van der Waals surface area contributed by atoms with Gasteiger partial charge in [-0.2, -0.15) is 11.1 Å². The molecule has 0 N–H and O–H groups in total. The van der Waals surface area contributed by atoms with Gasteiger partial charge in [0.1, 0.15) is 0 Å². The van der Waals surface area contributed by atoms with Gasteiger partial charge in [0.05, 0.1) is 7.11 Å². The van der Waals surface area contributed by atoms with Crippen LogP contribution in [0.1, 0.15) is 6.42 Å². The molecule has 10 heavy (non-hydrogen) atoms. The lowest BCUT2D eigenvalue weighted by Gasteiger charge is -2.10. The van der Waals surface area contributed by atoms with Crippen molar-refractivity contribution in [2.75, 3.05) is 7.11 Å². The second kappa shape index (κ2) is 3.98. The molecule has 0 unspecified atom stereocenters. The fraction of sp³-hybridized carbons (Fsp3) is 0.833. The van der Waals surface area contributed by atoms with Gasteiger partial charge in [-0.15, -0.1) is 0 Å². The highest BCUT2D eigenvalue weighted by Crippen LogP contribution is 2.16. The smallest absolute Gasteiger partial charge is 0.305 e. The van der Waals surface area contributed by atoms with Crippen molar-refractivity contribution < 1.29 is 9.53 Å². The molecule has 0 saturated heterocycles. The van der Waals surface area contributed by atoms with Crippen molar-refractivity contribution in [3.05, 3.63) is 0 Å². The molecule has 0 atom stereocenters. The van der Waals surface area contributed by atoms with E-state index < -0.39 is 7.38 Å². The first-order valence-electron chi connectivity index (χ1n) is 3.21. The SMILES string of the molecule is COC(=O)CC[Si](C)(C)Cl. The standard InChI is InChI=1S/C6H13ClO2Si/c1-9-6(8)4-5-10(2,3)7/h4-5H2,1-3H3. The maximum atomic E-state index is 10.6. The van der Waals surface area contributed by atoms with Crippen LogP contribution < -0.4 is 0 Å². The van der Waals surface area contributed by atoms with E-state index in [-0.39, 0.29) is 5.97 Å². The summed E-state index contributed by atoms with van der Waals surface area (Å²) >= 11 is 5.97. The molecule has 0 aliphatic heterocycles. The summed E-state index contributed by atoms with van der Waals surface area (Å²) in [6, 6.07) is 0.793. The van der Waals surface area contributed by atoms with Gasteiger partial charge < -0.3 is 4.74 Å². The highest BCUT2D eigenvalue weighted by molar-refractivity contribution is 7.19. The van der Waals surface area contributed by atoms with Gasteiger partial charge in [0.25, 0.3) is 0 Å². The minimum Gasteiger partial charge on any atom is -0.469 e. The van der Waals surface area contributed by atoms with E-state index in [2.05, 4.69) is 4.74 Å². The second-order valence-corrected chi connectivity index (χ2v) is 9.80. The topological polar surface area (TPSA) is 26.3 Å². The number of hydrogen-bond donors (Lipinski definition) is 0. The fourth-order valence-corrected chi connectivity index (χ4v) is 1.58. The summed E-state index contributed by atoms with van der Waals surface area (Å²) < 4.78 is 4.47. The molecule has 60 valence electrons. The molecule has 0 aromatic heterocycles. The van der Waals surface area contributed by atoms with Crippen LogP contribution in [0.3, 0.4) is 0 Å². The first kappa shape index (κ1) is 9.98. The minimum atomic E-state index is -1.56. The van der Waals surface area contributed by atoms with E-state index in [0.29, 0.717) is 6.42 Å². The van der Waals surface area contributed by atoms with E-state index in [1.807, 2.05) is 13.1 Å². The normalized spacial score (nSPS) is 11.2. The predicted octanol–water partition coefficient (Wildman–Crippen LogP) is 1.99. The molecular weight excluding hydrogens is 168 g/mol. The number of methoxy groups -OCH3 is 1. The van der Waals surface area contributed by atoms with Crippen LogP contribution >= 0.6 is 11.1 Å². The van der Waals surface area contributed by atoms with E-state index >= 15 is 0 Å². The van der Waals surface area contributed by atoms with Crippen LogP contribution in [0.4, 0.5) is 0 Å². The summed E-state index contributed by atoms with van der Waals surface area (Å²) in [5.74, 6) is -0.166. The number of ether oxygens (including phenoxy) is 1. The number of rotatable bonds is 3. The average Bonchev–Trinajstić information content (AvgIpc) is 1.81. The van der Waals surface area contributed by atoms with Gasteiger partial charge in [-0.3, -0.25) is 4.79 Å². The molecule has 0 heterocycles. The molecular formula is C6H13ClO2Si. The van der Waals surface area contributed by atoms with Gasteiger partial charge in [0, 0.05) is 6.42 Å². The largest absolute Gasteiger partial charge is 0.469 e. The van der Waals surface area contributed by atoms with E-state index in [1.165, 1.54) is 7.11 Å². The molecule has 0 rings (SSSR count). The number of hydrogen-bond acceptors (Lipinski definition) is 2. The van der Waals surface area contributed by atoms with E-state index in [1.54, 1.807) is 0 Å². The molecule has 0 aromatic rings. The van der Waals surface area contributed by atoms with Gasteiger partial charge in [0.15, 0.2) is 7.38 Å². The maximum Gasteiger partial charge on any atom is 0.305 e. The molecule has 0 bridgehead atoms. The third-order valence-electron chi connectivity index (χ3n) is 1.15. The Labute approximate surface area is 67.2 Å². The first-order valence-corrected chi connectivity index (χ1v) is 7.43. The Bertz CT molecular complexity index is 119.